The van der Waals surface area contributed by atoms with Gasteiger partial charge in [0.2, 0.25) is 5.91 Å². The number of aromatic hydroxyl groups is 2. The van der Waals surface area contributed by atoms with Crippen LogP contribution in [0.1, 0.15) is 68.6 Å². The molecule has 65 heavy (non-hydrogen) atoms. The lowest BCUT2D eigenvalue weighted by molar-refractivity contribution is -0.382. The number of esters is 1. The monoisotopic (exact) mass is 938 g/mol. The number of unbranched alkanes of at least 4 members (excludes halogenated alkanes) is 5. The topological polar surface area (TPSA) is 400 Å². The number of carbonyl (C=O) groups excluding carboxylic acids is 3. The highest BCUT2D eigenvalue weighted by Gasteiger charge is 2.60. The third-order valence-corrected chi connectivity index (χ3v) is 11.2. The van der Waals surface area contributed by atoms with Crippen LogP contribution in [-0.2, 0) is 47.5 Å². The van der Waals surface area contributed by atoms with Gasteiger partial charge in [-0.05, 0) is 25.0 Å². The van der Waals surface area contributed by atoms with Crippen LogP contribution in [-0.4, -0.2) is 216 Å². The molecule has 370 valence electrons. The average Bonchev–Trinajstić information content (AvgIpc) is 3.26. The molecule has 25 heteroatoms. The van der Waals surface area contributed by atoms with E-state index in [0.29, 0.717) is 25.7 Å². The molecular formula is C40H62N2O23. The summed E-state index contributed by atoms with van der Waals surface area (Å²) in [5.74, 6) is -8.09. The lowest BCUT2D eigenvalue weighted by Gasteiger charge is -2.51. The van der Waals surface area contributed by atoms with Gasteiger partial charge in [0, 0.05) is 38.0 Å². The largest absolute Gasteiger partial charge is 0.508 e. The highest BCUT2D eigenvalue weighted by Crippen LogP contribution is 2.38. The summed E-state index contributed by atoms with van der Waals surface area (Å²) in [7, 11) is 1.31. The number of hydrogen-bond acceptors (Lipinski definition) is 22. The summed E-state index contributed by atoms with van der Waals surface area (Å²) in [6.45, 7) is -1.95. The number of benzene rings is 1. The van der Waals surface area contributed by atoms with Crippen molar-refractivity contribution in [2.75, 3.05) is 33.5 Å². The molecule has 3 heterocycles. The van der Waals surface area contributed by atoms with Crippen molar-refractivity contribution in [2.45, 2.75) is 156 Å². The highest BCUT2D eigenvalue weighted by atomic mass is 16.8. The first-order chi connectivity index (χ1) is 30.8. The third-order valence-electron chi connectivity index (χ3n) is 11.2. The van der Waals surface area contributed by atoms with Gasteiger partial charge in [-0.3, -0.25) is 14.4 Å². The van der Waals surface area contributed by atoms with Crippen molar-refractivity contribution in [3.8, 4) is 11.5 Å². The number of aliphatic carboxylic acids is 1. The molecule has 0 saturated carbocycles. The van der Waals surface area contributed by atoms with E-state index in [4.69, 9.17) is 28.4 Å². The van der Waals surface area contributed by atoms with Gasteiger partial charge in [0.1, 0.15) is 78.6 Å². The van der Waals surface area contributed by atoms with Crippen molar-refractivity contribution in [3.63, 3.8) is 0 Å². The van der Waals surface area contributed by atoms with Crippen LogP contribution in [0, 0.1) is 0 Å². The van der Waals surface area contributed by atoms with E-state index in [1.54, 1.807) is 0 Å². The number of carbonyl (C=O) groups is 4. The summed E-state index contributed by atoms with van der Waals surface area (Å²) < 4.78 is 39.4. The molecule has 1 aromatic carbocycles. The molecular weight excluding hydrogens is 876 g/mol. The van der Waals surface area contributed by atoms with Crippen LogP contribution in [0.15, 0.2) is 18.2 Å². The first-order valence-electron chi connectivity index (χ1n) is 21.1. The first-order valence-corrected chi connectivity index (χ1v) is 21.1. The fraction of sp³-hybridized carbons (Fsp3) is 0.750. The van der Waals surface area contributed by atoms with Gasteiger partial charge >= 0.3 is 11.9 Å². The molecule has 3 aliphatic heterocycles. The number of rotatable bonds is 23. The van der Waals surface area contributed by atoms with Crippen molar-refractivity contribution >= 4 is 23.8 Å². The Morgan fingerprint density at radius 1 is 0.800 bits per heavy atom. The number of ether oxygens (including phenoxy) is 7. The number of nitrogens with one attached hydrogen (secondary N) is 2. The Balaban J connectivity index is 1.58. The van der Waals surface area contributed by atoms with Crippen LogP contribution in [0.3, 0.4) is 0 Å². The quantitative estimate of drug-likeness (QED) is 0.0363. The minimum Gasteiger partial charge on any atom is -0.508 e. The number of aliphatic hydroxyl groups excluding tert-OH is 9. The van der Waals surface area contributed by atoms with Gasteiger partial charge in [0.15, 0.2) is 12.6 Å². The molecule has 0 radical (unpaired) electrons. The molecule has 11 unspecified atom stereocenters. The number of aliphatic hydroxyl groups is 9. The van der Waals surface area contributed by atoms with Gasteiger partial charge in [-0.1, -0.05) is 25.7 Å². The summed E-state index contributed by atoms with van der Waals surface area (Å²) in [6, 6.07) is -0.165. The van der Waals surface area contributed by atoms with E-state index >= 15 is 0 Å². The van der Waals surface area contributed by atoms with Gasteiger partial charge < -0.3 is 105 Å². The Bertz CT molecular complexity index is 1690. The number of carboxylic acids is 1. The molecule has 0 aromatic heterocycles. The van der Waals surface area contributed by atoms with Gasteiger partial charge in [0.05, 0.1) is 39.1 Å². The zero-order valence-corrected chi connectivity index (χ0v) is 35.7. The van der Waals surface area contributed by atoms with E-state index in [0.717, 1.165) is 44.4 Å². The average molecular weight is 939 g/mol. The second-order valence-electron chi connectivity index (χ2n) is 16.0. The lowest BCUT2D eigenvalue weighted by atomic mass is 9.88. The Morgan fingerprint density at radius 3 is 2.00 bits per heavy atom. The van der Waals surface area contributed by atoms with Crippen LogP contribution in [0.5, 0.6) is 11.5 Å². The molecule has 4 rings (SSSR count). The smallest absolute Gasteiger partial charge is 0.364 e. The molecule has 25 nitrogen and oxygen atoms in total. The highest BCUT2D eigenvalue weighted by molar-refractivity contribution is 5.95. The van der Waals surface area contributed by atoms with E-state index < -0.39 is 153 Å². The maximum atomic E-state index is 13.5. The van der Waals surface area contributed by atoms with Crippen LogP contribution in [0.25, 0.3) is 0 Å². The van der Waals surface area contributed by atoms with Crippen molar-refractivity contribution in [1.29, 1.82) is 0 Å². The second-order valence-corrected chi connectivity index (χ2v) is 16.0. The summed E-state index contributed by atoms with van der Waals surface area (Å²) >= 11 is 0. The number of methoxy groups -OCH3 is 1. The predicted molar refractivity (Wildman–Crippen MR) is 213 cm³/mol. The molecule has 1 aromatic rings. The first kappa shape index (κ1) is 53.7. The second kappa shape index (κ2) is 24.7. The SMILES string of the molecule is COC(=O)CCCCCCCCO[C@@H]1OC(CO)[C@@H](OC2OC(CO)[C@H](O)C(O[C@]3(C(=O)O)CC(O)[C@@H](NC(C)=O)C(C(O)C(O)CO)O3)C2O)C(O)C1NC(=O)c1cc(O)cc(O)c1. The van der Waals surface area contributed by atoms with Crippen molar-refractivity contribution in [2.24, 2.45) is 0 Å². The predicted octanol–water partition coefficient (Wildman–Crippen LogP) is -4.45. The normalized spacial score (nSPS) is 33.7. The molecule has 3 fully saturated rings. The van der Waals surface area contributed by atoms with E-state index in [1.165, 1.54) is 7.11 Å². The molecule has 2 amide bonds. The molecule has 16 atom stereocenters. The maximum absolute atomic E-state index is 13.5. The minimum absolute atomic E-state index is 0.0204. The van der Waals surface area contributed by atoms with Gasteiger partial charge in [0.25, 0.3) is 11.7 Å². The Kier molecular flexibility index (Phi) is 20.4. The molecule has 3 saturated heterocycles. The number of carboxylic acid groups (broad SMARTS) is 1. The van der Waals surface area contributed by atoms with Crippen molar-refractivity contribution < 1.29 is 114 Å². The summed E-state index contributed by atoms with van der Waals surface area (Å²) in [5.41, 5.74) is -0.264. The zero-order chi connectivity index (χ0) is 48.2. The molecule has 14 N–H and O–H groups in total. The molecule has 0 aliphatic carbocycles. The molecule has 0 bridgehead atoms. The van der Waals surface area contributed by atoms with Crippen LogP contribution < -0.4 is 10.6 Å². The Morgan fingerprint density at radius 2 is 1.42 bits per heavy atom. The minimum atomic E-state index is -3.10. The standard InChI is InChI=1S/C40H62N2O23/c1-18(46)41-27-22(49)14-40(39(57)58,64-34(27)29(52)23(50)15-43)65-35-30(53)24(16-44)61-38(32(35)55)63-33-25(17-45)62-37(60-10-8-6-4-3-5-7-9-26(51)59-2)28(31(33)54)42-36(56)19-11-20(47)13-21(48)12-19/h11-13,22-25,27-35,37-38,43-45,47-50,52-55H,3-10,14-17H2,1-2H3,(H,41,46)(H,42,56)(H,57,58)/t22?,23?,24?,25?,27-,28?,29?,30+,31?,32?,33-,34?,35?,37-,38?,40+/m1/s1. The Labute approximate surface area is 372 Å². The van der Waals surface area contributed by atoms with Crippen molar-refractivity contribution in [3.05, 3.63) is 23.8 Å². The van der Waals surface area contributed by atoms with E-state index in [2.05, 4.69) is 15.4 Å². The fourth-order valence-electron chi connectivity index (χ4n) is 7.80. The summed E-state index contributed by atoms with van der Waals surface area (Å²) in [4.78, 5) is 49.7. The fourth-order valence-corrected chi connectivity index (χ4v) is 7.80. The van der Waals surface area contributed by atoms with E-state index in [1.807, 2.05) is 0 Å². The van der Waals surface area contributed by atoms with Gasteiger partial charge in [-0.2, -0.15) is 0 Å². The van der Waals surface area contributed by atoms with Crippen LogP contribution in [0.4, 0.5) is 0 Å². The summed E-state index contributed by atoms with van der Waals surface area (Å²) in [6.07, 6.45) is -21.8. The third kappa shape index (κ3) is 13.8. The Hall–Kier alpha value is -3.90. The lowest BCUT2D eigenvalue weighted by Crippen LogP contribution is -2.71. The van der Waals surface area contributed by atoms with Gasteiger partial charge in [-0.25, -0.2) is 4.79 Å². The number of hydrogen-bond donors (Lipinski definition) is 14. The van der Waals surface area contributed by atoms with Crippen LogP contribution in [0.2, 0.25) is 0 Å². The van der Waals surface area contributed by atoms with Crippen molar-refractivity contribution in [1.82, 2.24) is 10.6 Å². The molecule has 3 aliphatic rings. The number of phenolic OH excluding ortho intramolecular Hbond substituents is 2. The number of phenols is 2. The zero-order valence-electron chi connectivity index (χ0n) is 35.7. The van der Waals surface area contributed by atoms with Crippen LogP contribution >= 0.6 is 0 Å². The number of amides is 2. The van der Waals surface area contributed by atoms with Gasteiger partial charge in [-0.15, -0.1) is 0 Å². The molecule has 0 spiro atoms. The van der Waals surface area contributed by atoms with E-state index in [-0.39, 0.29) is 18.1 Å². The summed E-state index contributed by atoms with van der Waals surface area (Å²) in [5, 5.41) is 132. The maximum Gasteiger partial charge on any atom is 0.364 e. The van der Waals surface area contributed by atoms with E-state index in [9.17, 15) is 80.5 Å².